The summed E-state index contributed by atoms with van der Waals surface area (Å²) in [6, 6.07) is 6.22. The van der Waals surface area contributed by atoms with E-state index >= 15 is 0 Å². The lowest BCUT2D eigenvalue weighted by Crippen LogP contribution is -2.39. The van der Waals surface area contributed by atoms with Crippen LogP contribution in [0.4, 0.5) is 5.69 Å². The Labute approximate surface area is 113 Å². The van der Waals surface area contributed by atoms with Crippen LogP contribution in [-0.4, -0.2) is 22.5 Å². The zero-order chi connectivity index (χ0) is 13.4. The summed E-state index contributed by atoms with van der Waals surface area (Å²) in [6.07, 6.45) is 2.52. The third-order valence-corrected chi connectivity index (χ3v) is 4.07. The van der Waals surface area contributed by atoms with Crippen molar-refractivity contribution >= 4 is 16.8 Å². The quantitative estimate of drug-likeness (QED) is 0.842. The number of benzene rings is 1. The Kier molecular flexibility index (Phi) is 3.19. The topological polar surface area (TPSA) is 55.3 Å². The molecule has 102 valence electrons. The smallest absolute Gasteiger partial charge is 0.209 e. The number of rotatable bonds is 2. The summed E-state index contributed by atoms with van der Waals surface area (Å²) < 4.78 is 5.79. The van der Waals surface area contributed by atoms with Crippen molar-refractivity contribution in [3.05, 3.63) is 24.1 Å². The molecule has 0 spiro atoms. The fourth-order valence-corrected chi connectivity index (χ4v) is 2.92. The molecule has 4 nitrogen and oxygen atoms in total. The molecule has 2 heterocycles. The van der Waals surface area contributed by atoms with E-state index in [2.05, 4.69) is 23.7 Å². The molecule has 1 aliphatic rings. The first-order chi connectivity index (χ1) is 9.11. The van der Waals surface area contributed by atoms with Crippen LogP contribution in [0.3, 0.4) is 0 Å². The highest BCUT2D eigenvalue weighted by molar-refractivity contribution is 5.76. The van der Waals surface area contributed by atoms with Gasteiger partial charge in [-0.3, -0.25) is 4.90 Å². The Morgan fingerprint density at radius 2 is 2.26 bits per heavy atom. The molecule has 4 heteroatoms. The summed E-state index contributed by atoms with van der Waals surface area (Å²) in [5.74, 6) is 1.62. The zero-order valence-electron chi connectivity index (χ0n) is 11.6. The first-order valence-corrected chi connectivity index (χ1v) is 7.01. The highest BCUT2D eigenvalue weighted by Crippen LogP contribution is 2.25. The number of nitrogens with two attached hydrogens (primary N) is 1. The van der Waals surface area contributed by atoms with E-state index in [0.29, 0.717) is 6.04 Å². The molecular formula is C15H21N3O. The average Bonchev–Trinajstić information content (AvgIpc) is 2.74. The molecule has 2 aromatic rings. The van der Waals surface area contributed by atoms with Crippen LogP contribution >= 0.6 is 0 Å². The molecule has 19 heavy (non-hydrogen) atoms. The summed E-state index contributed by atoms with van der Waals surface area (Å²) >= 11 is 0. The van der Waals surface area contributed by atoms with E-state index in [1.165, 1.54) is 12.8 Å². The van der Waals surface area contributed by atoms with Gasteiger partial charge in [0, 0.05) is 17.8 Å². The maximum atomic E-state index is 5.79. The first-order valence-electron chi connectivity index (χ1n) is 7.01. The molecule has 0 bridgehead atoms. The second kappa shape index (κ2) is 4.85. The summed E-state index contributed by atoms with van der Waals surface area (Å²) in [5.41, 5.74) is 8.15. The lowest BCUT2D eigenvalue weighted by Gasteiger charge is -2.35. The standard InChI is InChI=1S/C15H21N3O/c1-10-5-6-18(11(2)7-10)9-15-17-13-4-3-12(16)8-14(13)19-15/h3-4,8,10-11H,5-7,9,16H2,1-2H3. The molecule has 2 N–H and O–H groups in total. The number of likely N-dealkylation sites (tertiary alicyclic amines) is 1. The Bertz CT molecular complexity index is 578. The molecule has 0 saturated carbocycles. The summed E-state index contributed by atoms with van der Waals surface area (Å²) in [5, 5.41) is 0. The molecule has 3 rings (SSSR count). The molecular weight excluding hydrogens is 238 g/mol. The summed E-state index contributed by atoms with van der Waals surface area (Å²) in [7, 11) is 0. The third-order valence-electron chi connectivity index (χ3n) is 4.07. The number of aromatic nitrogens is 1. The Morgan fingerprint density at radius 3 is 3.05 bits per heavy atom. The second-order valence-corrected chi connectivity index (χ2v) is 5.78. The fourth-order valence-electron chi connectivity index (χ4n) is 2.92. The van der Waals surface area contributed by atoms with Gasteiger partial charge in [-0.1, -0.05) is 6.92 Å². The average molecular weight is 259 g/mol. The number of anilines is 1. The van der Waals surface area contributed by atoms with Gasteiger partial charge in [0.25, 0.3) is 0 Å². The van der Waals surface area contributed by atoms with Gasteiger partial charge in [0.1, 0.15) is 5.52 Å². The normalized spacial score (nSPS) is 24.9. The highest BCUT2D eigenvalue weighted by Gasteiger charge is 2.24. The predicted molar refractivity (Wildman–Crippen MR) is 76.7 cm³/mol. The minimum Gasteiger partial charge on any atom is -0.439 e. The maximum absolute atomic E-state index is 5.79. The highest BCUT2D eigenvalue weighted by atomic mass is 16.3. The van der Waals surface area contributed by atoms with Crippen molar-refractivity contribution in [2.75, 3.05) is 12.3 Å². The number of oxazole rings is 1. The van der Waals surface area contributed by atoms with Crippen molar-refractivity contribution in [2.45, 2.75) is 39.3 Å². The van der Waals surface area contributed by atoms with Gasteiger partial charge in [-0.2, -0.15) is 0 Å². The molecule has 0 radical (unpaired) electrons. The van der Waals surface area contributed by atoms with Gasteiger partial charge < -0.3 is 10.2 Å². The molecule has 2 unspecified atom stereocenters. The number of piperidine rings is 1. The molecule has 0 aliphatic carbocycles. The van der Waals surface area contributed by atoms with Crippen LogP contribution < -0.4 is 5.73 Å². The Balaban J connectivity index is 1.77. The van der Waals surface area contributed by atoms with E-state index < -0.39 is 0 Å². The lowest BCUT2D eigenvalue weighted by molar-refractivity contribution is 0.112. The van der Waals surface area contributed by atoms with Crippen molar-refractivity contribution in [1.82, 2.24) is 9.88 Å². The number of nitrogen functional groups attached to an aromatic ring is 1. The largest absolute Gasteiger partial charge is 0.439 e. The molecule has 1 aromatic carbocycles. The van der Waals surface area contributed by atoms with Gasteiger partial charge in [-0.25, -0.2) is 4.98 Å². The Morgan fingerprint density at radius 1 is 1.42 bits per heavy atom. The zero-order valence-corrected chi connectivity index (χ0v) is 11.6. The Hall–Kier alpha value is -1.55. The van der Waals surface area contributed by atoms with Crippen molar-refractivity contribution in [1.29, 1.82) is 0 Å². The van der Waals surface area contributed by atoms with E-state index in [0.717, 1.165) is 41.7 Å². The van der Waals surface area contributed by atoms with Crippen LogP contribution in [0.25, 0.3) is 11.1 Å². The lowest BCUT2D eigenvalue weighted by atomic mass is 9.93. The van der Waals surface area contributed by atoms with Crippen LogP contribution in [0.2, 0.25) is 0 Å². The van der Waals surface area contributed by atoms with E-state index in [4.69, 9.17) is 10.2 Å². The van der Waals surface area contributed by atoms with E-state index in [1.807, 2.05) is 18.2 Å². The maximum Gasteiger partial charge on any atom is 0.209 e. The summed E-state index contributed by atoms with van der Waals surface area (Å²) in [6.45, 7) is 6.54. The fraction of sp³-hybridized carbons (Fsp3) is 0.533. The molecule has 1 aromatic heterocycles. The van der Waals surface area contributed by atoms with E-state index in [1.54, 1.807) is 0 Å². The minimum atomic E-state index is 0.601. The van der Waals surface area contributed by atoms with Crippen molar-refractivity contribution in [3.63, 3.8) is 0 Å². The monoisotopic (exact) mass is 259 g/mol. The van der Waals surface area contributed by atoms with E-state index in [9.17, 15) is 0 Å². The van der Waals surface area contributed by atoms with Crippen LogP contribution in [0.1, 0.15) is 32.6 Å². The van der Waals surface area contributed by atoms with Gasteiger partial charge in [-0.05, 0) is 44.4 Å². The SMILES string of the molecule is CC1CCN(Cc2nc3ccc(N)cc3o2)C(C)C1. The summed E-state index contributed by atoms with van der Waals surface area (Å²) in [4.78, 5) is 6.99. The molecule has 1 aliphatic heterocycles. The molecule has 1 fully saturated rings. The van der Waals surface area contributed by atoms with Gasteiger partial charge in [0.15, 0.2) is 5.58 Å². The molecule has 2 atom stereocenters. The van der Waals surface area contributed by atoms with Gasteiger partial charge in [0.2, 0.25) is 5.89 Å². The molecule has 1 saturated heterocycles. The van der Waals surface area contributed by atoms with Crippen molar-refractivity contribution < 1.29 is 4.42 Å². The number of hydrogen-bond acceptors (Lipinski definition) is 4. The van der Waals surface area contributed by atoms with Crippen LogP contribution in [0.15, 0.2) is 22.6 Å². The minimum absolute atomic E-state index is 0.601. The van der Waals surface area contributed by atoms with Gasteiger partial charge in [-0.15, -0.1) is 0 Å². The molecule has 0 amide bonds. The van der Waals surface area contributed by atoms with Crippen LogP contribution in [-0.2, 0) is 6.54 Å². The number of fused-ring (bicyclic) bond motifs is 1. The van der Waals surface area contributed by atoms with E-state index in [-0.39, 0.29) is 0 Å². The van der Waals surface area contributed by atoms with Gasteiger partial charge in [0.05, 0.1) is 6.54 Å². The van der Waals surface area contributed by atoms with Crippen LogP contribution in [0.5, 0.6) is 0 Å². The number of hydrogen-bond donors (Lipinski definition) is 1. The van der Waals surface area contributed by atoms with Crippen molar-refractivity contribution in [3.8, 4) is 0 Å². The first kappa shape index (κ1) is 12.5. The van der Waals surface area contributed by atoms with Crippen LogP contribution in [0, 0.1) is 5.92 Å². The van der Waals surface area contributed by atoms with Crippen molar-refractivity contribution in [2.24, 2.45) is 5.92 Å². The second-order valence-electron chi connectivity index (χ2n) is 5.78. The van der Waals surface area contributed by atoms with Gasteiger partial charge >= 0.3 is 0 Å². The predicted octanol–water partition coefficient (Wildman–Crippen LogP) is 3.03. The third kappa shape index (κ3) is 2.59. The number of nitrogens with zero attached hydrogens (tertiary/aromatic N) is 2.